The van der Waals surface area contributed by atoms with Gasteiger partial charge in [-0.1, -0.05) is 23.5 Å². The molecule has 0 bridgehead atoms. The molecule has 0 aliphatic carbocycles. The summed E-state index contributed by atoms with van der Waals surface area (Å²) in [7, 11) is 1.71. The molecular weight excluding hydrogens is 286 g/mol. The average molecular weight is 305 g/mol. The summed E-state index contributed by atoms with van der Waals surface area (Å²) in [6, 6.07) is 8.13. The van der Waals surface area contributed by atoms with Crippen LogP contribution < -0.4 is 14.5 Å². The first-order valence-electron chi connectivity index (χ1n) is 7.00. The lowest BCUT2D eigenvalue weighted by molar-refractivity contribution is 0.285. The van der Waals surface area contributed by atoms with Crippen molar-refractivity contribution < 1.29 is 9.84 Å². The predicted molar refractivity (Wildman–Crippen MR) is 85.5 cm³/mol. The molecule has 1 fully saturated rings. The number of para-hydroxylation sites is 2. The summed E-state index contributed by atoms with van der Waals surface area (Å²) in [4.78, 5) is 9.91. The Kier molecular flexibility index (Phi) is 4.26. The van der Waals surface area contributed by atoms with E-state index in [4.69, 9.17) is 9.84 Å². The van der Waals surface area contributed by atoms with Gasteiger partial charge in [0.1, 0.15) is 5.75 Å². The lowest BCUT2D eigenvalue weighted by Gasteiger charge is -2.36. The van der Waals surface area contributed by atoms with Crippen molar-refractivity contribution in [2.45, 2.75) is 6.61 Å². The molecule has 0 saturated carbocycles. The van der Waals surface area contributed by atoms with Crippen molar-refractivity contribution in [1.29, 1.82) is 0 Å². The van der Waals surface area contributed by atoms with Crippen LogP contribution in [0.1, 0.15) is 4.88 Å². The SMILES string of the molecule is COc1ccccc1N1CCN(c2ncc(CO)s2)CC1. The number of aliphatic hydroxyl groups is 1. The molecular formula is C15H19N3O2S. The number of methoxy groups -OCH3 is 1. The van der Waals surface area contributed by atoms with Gasteiger partial charge in [0.25, 0.3) is 0 Å². The van der Waals surface area contributed by atoms with Gasteiger partial charge < -0.3 is 19.6 Å². The van der Waals surface area contributed by atoms with E-state index in [0.29, 0.717) is 0 Å². The van der Waals surface area contributed by atoms with Crippen LogP contribution >= 0.6 is 11.3 Å². The number of nitrogens with zero attached hydrogens (tertiary/aromatic N) is 3. The zero-order valence-electron chi connectivity index (χ0n) is 12.0. The van der Waals surface area contributed by atoms with Crippen LogP contribution in [0.4, 0.5) is 10.8 Å². The Morgan fingerprint density at radius 1 is 1.19 bits per heavy atom. The van der Waals surface area contributed by atoms with Crippen molar-refractivity contribution in [1.82, 2.24) is 4.98 Å². The fourth-order valence-corrected chi connectivity index (χ4v) is 3.37. The molecule has 0 spiro atoms. The van der Waals surface area contributed by atoms with Crippen LogP contribution in [-0.4, -0.2) is 43.4 Å². The van der Waals surface area contributed by atoms with E-state index in [0.717, 1.165) is 47.6 Å². The second-order valence-corrected chi connectivity index (χ2v) is 6.01. The number of hydrogen-bond acceptors (Lipinski definition) is 6. The number of rotatable bonds is 4. The monoisotopic (exact) mass is 305 g/mol. The Hall–Kier alpha value is -1.79. The van der Waals surface area contributed by atoms with Gasteiger partial charge in [0.2, 0.25) is 0 Å². The molecule has 2 heterocycles. The van der Waals surface area contributed by atoms with E-state index in [1.807, 2.05) is 18.2 Å². The molecule has 1 saturated heterocycles. The van der Waals surface area contributed by atoms with Crippen molar-refractivity contribution in [3.63, 3.8) is 0 Å². The number of hydrogen-bond donors (Lipinski definition) is 1. The maximum atomic E-state index is 9.13. The van der Waals surface area contributed by atoms with Gasteiger partial charge in [-0.05, 0) is 12.1 Å². The van der Waals surface area contributed by atoms with Crippen molar-refractivity contribution in [3.8, 4) is 5.75 Å². The maximum absolute atomic E-state index is 9.13. The Balaban J connectivity index is 1.67. The first kappa shape index (κ1) is 14.2. The highest BCUT2D eigenvalue weighted by Crippen LogP contribution is 2.30. The lowest BCUT2D eigenvalue weighted by Crippen LogP contribution is -2.46. The van der Waals surface area contributed by atoms with Crippen LogP contribution in [0.5, 0.6) is 5.75 Å². The minimum absolute atomic E-state index is 0.0683. The lowest BCUT2D eigenvalue weighted by atomic mass is 10.2. The number of thiazole rings is 1. The van der Waals surface area contributed by atoms with E-state index in [1.165, 1.54) is 0 Å². The summed E-state index contributed by atoms with van der Waals surface area (Å²) in [6.07, 6.45) is 1.76. The standard InChI is InChI=1S/C15H19N3O2S/c1-20-14-5-3-2-4-13(14)17-6-8-18(9-7-17)15-16-10-12(11-19)21-15/h2-5,10,19H,6-9,11H2,1H3. The van der Waals surface area contributed by atoms with Crippen LogP contribution in [0.3, 0.4) is 0 Å². The molecule has 0 radical (unpaired) electrons. The van der Waals surface area contributed by atoms with E-state index in [9.17, 15) is 0 Å². The fraction of sp³-hybridized carbons (Fsp3) is 0.400. The summed E-state index contributed by atoms with van der Waals surface area (Å²) in [5.74, 6) is 0.919. The molecule has 112 valence electrons. The highest BCUT2D eigenvalue weighted by molar-refractivity contribution is 7.15. The van der Waals surface area contributed by atoms with E-state index in [-0.39, 0.29) is 6.61 Å². The summed E-state index contributed by atoms with van der Waals surface area (Å²) in [5, 5.41) is 10.1. The van der Waals surface area contributed by atoms with Gasteiger partial charge in [0.05, 0.1) is 24.3 Å². The molecule has 1 aromatic heterocycles. The largest absolute Gasteiger partial charge is 0.495 e. The first-order valence-corrected chi connectivity index (χ1v) is 7.82. The van der Waals surface area contributed by atoms with Gasteiger partial charge in [-0.15, -0.1) is 0 Å². The molecule has 21 heavy (non-hydrogen) atoms. The molecule has 1 aliphatic heterocycles. The second-order valence-electron chi connectivity index (χ2n) is 4.91. The molecule has 3 rings (SSSR count). The third-order valence-electron chi connectivity index (χ3n) is 3.67. The molecule has 1 N–H and O–H groups in total. The number of aromatic nitrogens is 1. The molecule has 0 atom stereocenters. The van der Waals surface area contributed by atoms with E-state index < -0.39 is 0 Å². The van der Waals surface area contributed by atoms with Crippen LogP contribution in [0, 0.1) is 0 Å². The summed E-state index contributed by atoms with van der Waals surface area (Å²) in [5.41, 5.74) is 1.15. The van der Waals surface area contributed by atoms with Gasteiger partial charge in [0, 0.05) is 32.4 Å². The van der Waals surface area contributed by atoms with Crippen LogP contribution in [0.15, 0.2) is 30.5 Å². The van der Waals surface area contributed by atoms with Crippen LogP contribution in [-0.2, 0) is 6.61 Å². The van der Waals surface area contributed by atoms with Crippen molar-refractivity contribution in [2.75, 3.05) is 43.1 Å². The molecule has 1 aromatic carbocycles. The van der Waals surface area contributed by atoms with Crippen LogP contribution in [0.2, 0.25) is 0 Å². The van der Waals surface area contributed by atoms with Crippen molar-refractivity contribution >= 4 is 22.2 Å². The number of benzene rings is 1. The molecule has 6 heteroatoms. The molecule has 2 aromatic rings. The van der Waals surface area contributed by atoms with Crippen molar-refractivity contribution in [2.24, 2.45) is 0 Å². The Labute approximate surface area is 128 Å². The second kappa shape index (κ2) is 6.32. The first-order chi connectivity index (χ1) is 10.3. The summed E-state index contributed by atoms with van der Waals surface area (Å²) < 4.78 is 5.43. The molecule has 5 nitrogen and oxygen atoms in total. The van der Waals surface area contributed by atoms with E-state index in [2.05, 4.69) is 20.9 Å². The number of piperazine rings is 1. The zero-order valence-corrected chi connectivity index (χ0v) is 12.8. The Morgan fingerprint density at radius 2 is 1.90 bits per heavy atom. The number of aliphatic hydroxyl groups excluding tert-OH is 1. The highest BCUT2D eigenvalue weighted by atomic mass is 32.1. The van der Waals surface area contributed by atoms with Gasteiger partial charge in [-0.25, -0.2) is 4.98 Å². The van der Waals surface area contributed by atoms with Gasteiger partial charge >= 0.3 is 0 Å². The molecule has 0 amide bonds. The Morgan fingerprint density at radius 3 is 2.57 bits per heavy atom. The molecule has 0 unspecified atom stereocenters. The van der Waals surface area contributed by atoms with Gasteiger partial charge in [-0.2, -0.15) is 0 Å². The summed E-state index contributed by atoms with van der Waals surface area (Å²) >= 11 is 1.57. The zero-order chi connectivity index (χ0) is 14.7. The molecule has 1 aliphatic rings. The smallest absolute Gasteiger partial charge is 0.185 e. The van der Waals surface area contributed by atoms with Gasteiger partial charge in [-0.3, -0.25) is 0 Å². The maximum Gasteiger partial charge on any atom is 0.185 e. The van der Waals surface area contributed by atoms with Gasteiger partial charge in [0.15, 0.2) is 5.13 Å². The van der Waals surface area contributed by atoms with Crippen molar-refractivity contribution in [3.05, 3.63) is 35.3 Å². The number of anilines is 2. The van der Waals surface area contributed by atoms with Crippen LogP contribution in [0.25, 0.3) is 0 Å². The minimum atomic E-state index is 0.0683. The normalized spacial score (nSPS) is 15.3. The summed E-state index contributed by atoms with van der Waals surface area (Å²) in [6.45, 7) is 3.80. The highest BCUT2D eigenvalue weighted by Gasteiger charge is 2.21. The minimum Gasteiger partial charge on any atom is -0.495 e. The predicted octanol–water partition coefficient (Wildman–Crippen LogP) is 1.97. The van der Waals surface area contributed by atoms with E-state index in [1.54, 1.807) is 24.6 Å². The average Bonchev–Trinajstić information content (AvgIpc) is 3.04. The number of ether oxygens (including phenoxy) is 1. The Bertz CT molecular complexity index is 594. The van der Waals surface area contributed by atoms with E-state index >= 15 is 0 Å². The topological polar surface area (TPSA) is 48.8 Å². The third kappa shape index (κ3) is 2.96. The quantitative estimate of drug-likeness (QED) is 0.936. The fourth-order valence-electron chi connectivity index (χ4n) is 2.55. The third-order valence-corrected chi connectivity index (χ3v) is 4.72.